The van der Waals surface area contributed by atoms with Crippen LogP contribution in [0.3, 0.4) is 0 Å². The van der Waals surface area contributed by atoms with Gasteiger partial charge in [-0.25, -0.2) is 0 Å². The van der Waals surface area contributed by atoms with Crippen LogP contribution >= 0.6 is 0 Å². The molecule has 0 atom stereocenters. The van der Waals surface area contributed by atoms with Gasteiger partial charge >= 0.3 is 0 Å². The van der Waals surface area contributed by atoms with Gasteiger partial charge in [-0.1, -0.05) is 75.4 Å². The molecule has 1 amide bonds. The van der Waals surface area contributed by atoms with Crippen molar-refractivity contribution in [3.63, 3.8) is 0 Å². The average Bonchev–Trinajstić information content (AvgIpc) is 2.89. The number of nitrogens with zero attached hydrogens (tertiary/aromatic N) is 2. The highest BCUT2D eigenvalue weighted by atomic mass is 16.5. The highest BCUT2D eigenvalue weighted by Gasteiger charge is 2.17. The van der Waals surface area contributed by atoms with Gasteiger partial charge < -0.3 is 9.64 Å². The zero-order valence-electron chi connectivity index (χ0n) is 23.7. The van der Waals surface area contributed by atoms with Gasteiger partial charge in [-0.3, -0.25) is 9.69 Å². The van der Waals surface area contributed by atoms with Crippen LogP contribution in [0.5, 0.6) is 5.75 Å². The summed E-state index contributed by atoms with van der Waals surface area (Å²) < 4.78 is 6.28. The van der Waals surface area contributed by atoms with Crippen LogP contribution in [0.25, 0.3) is 0 Å². The van der Waals surface area contributed by atoms with Crippen molar-refractivity contribution in [3.8, 4) is 5.75 Å². The van der Waals surface area contributed by atoms with Gasteiger partial charge in [-0.15, -0.1) is 0 Å². The molecule has 3 aromatic carbocycles. The quantitative estimate of drug-likeness (QED) is 0.358. The van der Waals surface area contributed by atoms with Crippen molar-refractivity contribution < 1.29 is 9.53 Å². The van der Waals surface area contributed by atoms with Crippen molar-refractivity contribution >= 4 is 5.91 Å². The van der Waals surface area contributed by atoms with Crippen LogP contribution in [-0.4, -0.2) is 42.5 Å². The molecule has 1 aliphatic rings. The summed E-state index contributed by atoms with van der Waals surface area (Å²) in [6.07, 6.45) is 5.31. The summed E-state index contributed by atoms with van der Waals surface area (Å²) in [5, 5.41) is 0. The number of carbonyl (C=O) groups is 1. The van der Waals surface area contributed by atoms with Crippen molar-refractivity contribution in [1.82, 2.24) is 9.80 Å². The predicted molar refractivity (Wildman–Crippen MR) is 157 cm³/mol. The topological polar surface area (TPSA) is 32.8 Å². The lowest BCUT2D eigenvalue weighted by molar-refractivity contribution is 0.0785. The molecule has 0 N–H and O–H groups in total. The maximum Gasteiger partial charge on any atom is 0.253 e. The molecule has 0 radical (unpaired) electrons. The third-order valence-corrected chi connectivity index (χ3v) is 7.26. The van der Waals surface area contributed by atoms with E-state index in [1.165, 1.54) is 24.0 Å². The van der Waals surface area contributed by atoms with Crippen LogP contribution in [0.1, 0.15) is 79.1 Å². The second kappa shape index (κ2) is 13.1. The standard InChI is InChI=1S/C34H44N2O2/c1-34(2,3)18-20-36-19-9-6-10-21-38-32-17-16-30(33(37)35(4)25-27-12-7-5-8-13-27)24-31(32)23-28-14-11-15-29(22-28)26-36/h5,7-8,11-17,22,24H,6,9-10,18-21,23,25-26H2,1-4H3. The van der Waals surface area contributed by atoms with Crippen molar-refractivity contribution in [1.29, 1.82) is 0 Å². The summed E-state index contributed by atoms with van der Waals surface area (Å²) in [4.78, 5) is 17.7. The van der Waals surface area contributed by atoms with Gasteiger partial charge in [0.15, 0.2) is 0 Å². The minimum Gasteiger partial charge on any atom is -0.493 e. The molecule has 2 bridgehead atoms. The number of benzene rings is 3. The summed E-state index contributed by atoms with van der Waals surface area (Å²) in [5.41, 5.74) is 5.84. The lowest BCUT2D eigenvalue weighted by atomic mass is 9.92. The minimum absolute atomic E-state index is 0.0271. The molecule has 0 aromatic heterocycles. The largest absolute Gasteiger partial charge is 0.493 e. The van der Waals surface area contributed by atoms with E-state index < -0.39 is 0 Å². The number of hydrogen-bond acceptors (Lipinski definition) is 3. The Labute approximate surface area is 229 Å². The smallest absolute Gasteiger partial charge is 0.253 e. The Morgan fingerprint density at radius 2 is 1.71 bits per heavy atom. The van der Waals surface area contributed by atoms with E-state index in [1.807, 2.05) is 43.4 Å². The fourth-order valence-corrected chi connectivity index (χ4v) is 5.02. The normalized spacial score (nSPS) is 15.2. The molecule has 0 fully saturated rings. The first-order valence-corrected chi connectivity index (χ1v) is 14.1. The molecule has 0 unspecified atom stereocenters. The molecule has 4 heteroatoms. The summed E-state index contributed by atoms with van der Waals surface area (Å²) in [6.45, 7) is 11.5. The molecule has 0 saturated carbocycles. The average molecular weight is 513 g/mol. The van der Waals surface area contributed by atoms with Crippen molar-refractivity contribution in [2.75, 3.05) is 26.7 Å². The maximum absolute atomic E-state index is 13.3. The van der Waals surface area contributed by atoms with Gasteiger partial charge in [0.1, 0.15) is 5.75 Å². The van der Waals surface area contributed by atoms with Crippen LogP contribution < -0.4 is 4.74 Å². The molecule has 0 saturated heterocycles. The number of ether oxygens (including phenoxy) is 1. The fourth-order valence-electron chi connectivity index (χ4n) is 5.02. The molecule has 3 aromatic rings. The van der Waals surface area contributed by atoms with E-state index >= 15 is 0 Å². The molecule has 4 rings (SSSR count). The van der Waals surface area contributed by atoms with Crippen molar-refractivity contribution in [3.05, 3.63) is 101 Å². The van der Waals surface area contributed by atoms with Gasteiger partial charge in [0.05, 0.1) is 6.61 Å². The Balaban J connectivity index is 1.55. The van der Waals surface area contributed by atoms with E-state index in [1.54, 1.807) is 4.90 Å². The molecular formula is C34H44N2O2. The highest BCUT2D eigenvalue weighted by Crippen LogP contribution is 2.26. The van der Waals surface area contributed by atoms with E-state index in [4.69, 9.17) is 4.74 Å². The third-order valence-electron chi connectivity index (χ3n) is 7.26. The first kappa shape index (κ1) is 27.9. The van der Waals surface area contributed by atoms with Crippen LogP contribution in [0, 0.1) is 5.41 Å². The van der Waals surface area contributed by atoms with Gasteiger partial charge in [0.2, 0.25) is 0 Å². The van der Waals surface area contributed by atoms with Gasteiger partial charge in [-0.2, -0.15) is 0 Å². The predicted octanol–water partition coefficient (Wildman–Crippen LogP) is 7.35. The first-order valence-electron chi connectivity index (χ1n) is 14.1. The summed E-state index contributed by atoms with van der Waals surface area (Å²) in [7, 11) is 1.87. The zero-order valence-corrected chi connectivity index (χ0v) is 23.7. The van der Waals surface area contributed by atoms with E-state index in [-0.39, 0.29) is 5.91 Å². The Morgan fingerprint density at radius 1 is 0.921 bits per heavy atom. The minimum atomic E-state index is 0.0271. The first-order chi connectivity index (χ1) is 18.3. The number of amides is 1. The van der Waals surface area contributed by atoms with Gasteiger partial charge in [0, 0.05) is 32.1 Å². The Bertz CT molecular complexity index is 1180. The number of hydrogen-bond donors (Lipinski definition) is 0. The van der Waals surface area contributed by atoms with Crippen LogP contribution in [-0.2, 0) is 19.5 Å². The third kappa shape index (κ3) is 8.46. The van der Waals surface area contributed by atoms with Gasteiger partial charge in [0.25, 0.3) is 5.91 Å². The van der Waals surface area contributed by atoms with Gasteiger partial charge in [-0.05, 0) is 84.6 Å². The van der Waals surface area contributed by atoms with Crippen LogP contribution in [0.4, 0.5) is 0 Å². The highest BCUT2D eigenvalue weighted by molar-refractivity contribution is 5.94. The van der Waals surface area contributed by atoms with Crippen LogP contribution in [0.15, 0.2) is 72.8 Å². The van der Waals surface area contributed by atoms with E-state index in [0.717, 1.165) is 55.8 Å². The summed E-state index contributed by atoms with van der Waals surface area (Å²) in [6, 6.07) is 25.0. The van der Waals surface area contributed by atoms with Crippen molar-refractivity contribution in [2.45, 2.75) is 66.0 Å². The number of rotatable bonds is 5. The van der Waals surface area contributed by atoms with Crippen LogP contribution in [0.2, 0.25) is 0 Å². The molecule has 1 aliphatic heterocycles. The summed E-state index contributed by atoms with van der Waals surface area (Å²) in [5.74, 6) is 0.917. The molecular weight excluding hydrogens is 468 g/mol. The molecule has 1 heterocycles. The number of carbonyl (C=O) groups excluding carboxylic acids is 1. The second-order valence-electron chi connectivity index (χ2n) is 12.0. The Kier molecular flexibility index (Phi) is 9.63. The Hall–Kier alpha value is -3.11. The van der Waals surface area contributed by atoms with Crippen molar-refractivity contribution in [2.24, 2.45) is 5.41 Å². The molecule has 0 aliphatic carbocycles. The monoisotopic (exact) mass is 512 g/mol. The molecule has 4 nitrogen and oxygen atoms in total. The summed E-state index contributed by atoms with van der Waals surface area (Å²) >= 11 is 0. The molecule has 0 spiro atoms. The van der Waals surface area contributed by atoms with E-state index in [9.17, 15) is 4.79 Å². The Morgan fingerprint density at radius 3 is 2.50 bits per heavy atom. The lowest BCUT2D eigenvalue weighted by Gasteiger charge is -2.27. The lowest BCUT2D eigenvalue weighted by Crippen LogP contribution is -2.28. The zero-order chi connectivity index (χ0) is 27.0. The second-order valence-corrected chi connectivity index (χ2v) is 12.0. The molecule has 38 heavy (non-hydrogen) atoms. The van der Waals surface area contributed by atoms with E-state index in [2.05, 4.69) is 62.1 Å². The molecule has 202 valence electrons. The number of fused-ring (bicyclic) bond motifs is 3. The van der Waals surface area contributed by atoms with E-state index in [0.29, 0.717) is 24.1 Å². The maximum atomic E-state index is 13.3. The SMILES string of the molecule is CN(Cc1ccccc1)C(=O)c1ccc2c(c1)Cc1cccc(c1)CN(CCC(C)(C)C)CCCCCO2. The fraction of sp³-hybridized carbons (Fsp3) is 0.441.